The van der Waals surface area contributed by atoms with Crippen LogP contribution in [0.1, 0.15) is 38.9 Å². The van der Waals surface area contributed by atoms with Crippen molar-refractivity contribution in [3.63, 3.8) is 0 Å². The van der Waals surface area contributed by atoms with Crippen molar-refractivity contribution in [3.05, 3.63) is 138 Å². The lowest BCUT2D eigenvalue weighted by Gasteiger charge is -2.40. The second kappa shape index (κ2) is 11.3. The van der Waals surface area contributed by atoms with Crippen LogP contribution < -0.4 is 15.4 Å². The molecular weight excluding hydrogens is 552 g/mol. The molecule has 8 rings (SSSR count). The number of hydrogen-bond acceptors (Lipinski definition) is 4. The summed E-state index contributed by atoms with van der Waals surface area (Å²) in [6.45, 7) is 8.82. The van der Waals surface area contributed by atoms with Crippen LogP contribution in [0.25, 0.3) is 21.8 Å². The van der Waals surface area contributed by atoms with Crippen LogP contribution in [0.2, 0.25) is 0 Å². The molecule has 4 aromatic rings. The van der Waals surface area contributed by atoms with Crippen LogP contribution in [0.15, 0.2) is 133 Å². The second-order valence-corrected chi connectivity index (χ2v) is 13.4. The lowest BCUT2D eigenvalue weighted by atomic mass is 9.71. The van der Waals surface area contributed by atoms with Crippen molar-refractivity contribution in [2.45, 2.75) is 56.9 Å². The van der Waals surface area contributed by atoms with E-state index in [1.807, 2.05) is 0 Å². The number of fused-ring (bicyclic) bond motifs is 4. The molecule has 0 bridgehead atoms. The van der Waals surface area contributed by atoms with E-state index in [9.17, 15) is 0 Å². The molecular formula is C40H42N4O. The molecule has 1 fully saturated rings. The third kappa shape index (κ3) is 4.91. The average molecular weight is 595 g/mol. The minimum atomic E-state index is -0.0705. The minimum absolute atomic E-state index is 0.0705. The molecule has 1 saturated heterocycles. The van der Waals surface area contributed by atoms with Crippen LogP contribution in [0.3, 0.4) is 0 Å². The Bertz CT molecular complexity index is 1890. The molecule has 3 heterocycles. The van der Waals surface area contributed by atoms with E-state index in [0.717, 1.165) is 31.1 Å². The molecule has 3 aromatic carbocycles. The van der Waals surface area contributed by atoms with Crippen LogP contribution >= 0.6 is 0 Å². The van der Waals surface area contributed by atoms with Crippen molar-refractivity contribution >= 4 is 21.8 Å². The predicted molar refractivity (Wildman–Crippen MR) is 185 cm³/mol. The highest BCUT2D eigenvalue weighted by molar-refractivity contribution is 6.08. The van der Waals surface area contributed by atoms with Crippen LogP contribution in [0.4, 0.5) is 0 Å². The minimum Gasteiger partial charge on any atom is -0.458 e. The summed E-state index contributed by atoms with van der Waals surface area (Å²) in [5.41, 5.74) is 5.19. The van der Waals surface area contributed by atoms with Crippen LogP contribution in [-0.4, -0.2) is 40.8 Å². The van der Waals surface area contributed by atoms with Gasteiger partial charge in [0.25, 0.3) is 0 Å². The summed E-state index contributed by atoms with van der Waals surface area (Å²) in [6, 6.07) is 27.4. The molecule has 4 aliphatic rings. The highest BCUT2D eigenvalue weighted by Crippen LogP contribution is 2.43. The standard InChI is InChI=1S/C40H42N4O/c1-27-34(40(2,3)28-12-5-4-6-13-28)22-23-41-39(27)44-36-18-9-7-16-32(36)33-21-20-31(25-38(33)44)45-30-15-11-14-29(24-30)43-26-42-35-17-8-10-19-37(35)43/h4-13,15-22,24-25,27,29,35,37,39,41-42H,14,23,26H2,1-3H3. The summed E-state index contributed by atoms with van der Waals surface area (Å²) in [7, 11) is 0. The van der Waals surface area contributed by atoms with Crippen molar-refractivity contribution in [1.29, 1.82) is 0 Å². The van der Waals surface area contributed by atoms with E-state index in [1.165, 1.54) is 32.9 Å². The fraction of sp³-hybridized carbons (Fsp3) is 0.300. The molecule has 0 radical (unpaired) electrons. The Hall–Kier alpha value is -4.16. The third-order valence-corrected chi connectivity index (χ3v) is 10.5. The van der Waals surface area contributed by atoms with E-state index in [-0.39, 0.29) is 17.5 Å². The lowest BCUT2D eigenvalue weighted by Crippen LogP contribution is -2.41. The Labute approximate surface area is 266 Å². The maximum absolute atomic E-state index is 6.64. The maximum atomic E-state index is 6.64. The van der Waals surface area contributed by atoms with Gasteiger partial charge in [-0.1, -0.05) is 111 Å². The topological polar surface area (TPSA) is 41.5 Å². The van der Waals surface area contributed by atoms with Gasteiger partial charge in [-0.25, -0.2) is 0 Å². The van der Waals surface area contributed by atoms with E-state index in [2.05, 4.69) is 162 Å². The van der Waals surface area contributed by atoms with Gasteiger partial charge in [-0.3, -0.25) is 15.5 Å². The quantitative estimate of drug-likeness (QED) is 0.224. The molecule has 0 amide bonds. The van der Waals surface area contributed by atoms with Gasteiger partial charge in [-0.05, 0) is 42.3 Å². The number of nitrogens with one attached hydrogen (secondary N) is 2. The third-order valence-electron chi connectivity index (χ3n) is 10.5. The molecule has 1 aromatic heterocycles. The molecule has 5 heteroatoms. The van der Waals surface area contributed by atoms with E-state index < -0.39 is 0 Å². The summed E-state index contributed by atoms with van der Waals surface area (Å²) < 4.78 is 9.15. The first-order valence-electron chi connectivity index (χ1n) is 16.4. The van der Waals surface area contributed by atoms with Gasteiger partial charge in [0.15, 0.2) is 0 Å². The fourth-order valence-electron chi connectivity index (χ4n) is 8.15. The zero-order valence-electron chi connectivity index (χ0n) is 26.4. The van der Waals surface area contributed by atoms with Crippen molar-refractivity contribution in [3.8, 4) is 5.75 Å². The van der Waals surface area contributed by atoms with Gasteiger partial charge in [-0.2, -0.15) is 0 Å². The van der Waals surface area contributed by atoms with Crippen molar-refractivity contribution in [2.24, 2.45) is 5.92 Å². The Morgan fingerprint density at radius 2 is 1.67 bits per heavy atom. The average Bonchev–Trinajstić information content (AvgIpc) is 3.65. The van der Waals surface area contributed by atoms with E-state index >= 15 is 0 Å². The molecule has 228 valence electrons. The van der Waals surface area contributed by atoms with Crippen molar-refractivity contribution in [1.82, 2.24) is 20.1 Å². The number of rotatable bonds is 6. The first-order chi connectivity index (χ1) is 22.0. The Morgan fingerprint density at radius 1 is 0.867 bits per heavy atom. The van der Waals surface area contributed by atoms with Crippen LogP contribution in [-0.2, 0) is 5.41 Å². The summed E-state index contributed by atoms with van der Waals surface area (Å²) >= 11 is 0. The molecule has 45 heavy (non-hydrogen) atoms. The summed E-state index contributed by atoms with van der Waals surface area (Å²) in [4.78, 5) is 2.54. The van der Waals surface area contributed by atoms with Gasteiger partial charge in [0.2, 0.25) is 0 Å². The maximum Gasteiger partial charge on any atom is 0.129 e. The molecule has 2 aliphatic heterocycles. The molecule has 0 saturated carbocycles. The van der Waals surface area contributed by atoms with Crippen LogP contribution in [0.5, 0.6) is 5.75 Å². The molecule has 5 atom stereocenters. The smallest absolute Gasteiger partial charge is 0.129 e. The van der Waals surface area contributed by atoms with E-state index in [4.69, 9.17) is 4.74 Å². The molecule has 5 unspecified atom stereocenters. The summed E-state index contributed by atoms with van der Waals surface area (Å²) in [5, 5.41) is 10.0. The number of aromatic nitrogens is 1. The lowest BCUT2D eigenvalue weighted by molar-refractivity contribution is 0.232. The largest absolute Gasteiger partial charge is 0.458 e. The monoisotopic (exact) mass is 594 g/mol. The SMILES string of the molecule is CC1C(C(C)(C)c2ccccc2)=CCNC1n1c2ccccc2c2ccc(OC3=CC(N4CNC5C=CC=CC54)CC=C3)cc21. The number of allylic oxidation sites excluding steroid dienone is 3. The van der Waals surface area contributed by atoms with E-state index in [1.54, 1.807) is 0 Å². The normalized spacial score (nSPS) is 26.7. The highest BCUT2D eigenvalue weighted by atomic mass is 16.5. The Morgan fingerprint density at radius 3 is 2.56 bits per heavy atom. The second-order valence-electron chi connectivity index (χ2n) is 13.4. The van der Waals surface area contributed by atoms with Crippen molar-refractivity contribution < 1.29 is 4.74 Å². The molecule has 0 spiro atoms. The van der Waals surface area contributed by atoms with Gasteiger partial charge >= 0.3 is 0 Å². The van der Waals surface area contributed by atoms with Gasteiger partial charge in [0.1, 0.15) is 11.5 Å². The number of ether oxygens (including phenoxy) is 1. The van der Waals surface area contributed by atoms with Gasteiger partial charge in [-0.15, -0.1) is 0 Å². The zero-order chi connectivity index (χ0) is 30.5. The fourth-order valence-corrected chi connectivity index (χ4v) is 8.15. The summed E-state index contributed by atoms with van der Waals surface area (Å²) in [5.74, 6) is 2.06. The van der Waals surface area contributed by atoms with Crippen LogP contribution in [0, 0.1) is 5.92 Å². The number of benzene rings is 3. The first-order valence-corrected chi connectivity index (χ1v) is 16.4. The molecule has 2 aliphatic carbocycles. The van der Waals surface area contributed by atoms with Gasteiger partial charge in [0, 0.05) is 59.5 Å². The zero-order valence-corrected chi connectivity index (χ0v) is 26.4. The highest BCUT2D eigenvalue weighted by Gasteiger charge is 2.37. The van der Waals surface area contributed by atoms with Crippen molar-refractivity contribution in [2.75, 3.05) is 13.2 Å². The summed E-state index contributed by atoms with van der Waals surface area (Å²) in [6.07, 6.45) is 19.1. The number of para-hydroxylation sites is 1. The van der Waals surface area contributed by atoms with Gasteiger partial charge < -0.3 is 9.30 Å². The number of nitrogens with zero attached hydrogens (tertiary/aromatic N) is 2. The Balaban J connectivity index is 1.13. The van der Waals surface area contributed by atoms with Gasteiger partial charge in [0.05, 0.1) is 17.2 Å². The Kier molecular flexibility index (Phi) is 7.13. The van der Waals surface area contributed by atoms with E-state index in [0.29, 0.717) is 18.1 Å². The molecule has 5 nitrogen and oxygen atoms in total. The first kappa shape index (κ1) is 28.3. The predicted octanol–water partition coefficient (Wildman–Crippen LogP) is 7.75. The molecule has 2 N–H and O–H groups in total. The number of hydrogen-bond donors (Lipinski definition) is 2.